The van der Waals surface area contributed by atoms with Crippen molar-refractivity contribution in [1.82, 2.24) is 18.8 Å². The summed E-state index contributed by atoms with van der Waals surface area (Å²) in [5, 5.41) is 0. The molecule has 1 aliphatic rings. The topological polar surface area (TPSA) is 53.1 Å². The molecule has 27 heavy (non-hydrogen) atoms. The summed E-state index contributed by atoms with van der Waals surface area (Å²) in [4.78, 5) is 9.77. The van der Waals surface area contributed by atoms with Crippen molar-refractivity contribution in [2.24, 2.45) is 0 Å². The maximum atomic E-state index is 5.42. The van der Waals surface area contributed by atoms with Crippen LogP contribution >= 0.6 is 0 Å². The van der Waals surface area contributed by atoms with E-state index in [1.54, 1.807) is 14.2 Å². The first-order valence-electron chi connectivity index (χ1n) is 9.15. The maximum Gasteiger partial charge on any atom is 0.143 e. The van der Waals surface area contributed by atoms with Gasteiger partial charge < -0.3 is 18.3 Å². The fourth-order valence-corrected chi connectivity index (χ4v) is 4.02. The Kier molecular flexibility index (Phi) is 3.44. The Balaban J connectivity index is 1.48. The summed E-state index contributed by atoms with van der Waals surface area (Å²) in [6.07, 6.45) is 9.37. The van der Waals surface area contributed by atoms with E-state index in [1.165, 1.54) is 0 Å². The summed E-state index contributed by atoms with van der Waals surface area (Å²) in [6, 6.07) is 3.97. The van der Waals surface area contributed by atoms with E-state index < -0.39 is 0 Å². The molecule has 2 unspecified atom stereocenters. The molecule has 1 saturated carbocycles. The molecule has 138 valence electrons. The molecule has 0 bridgehead atoms. The molecule has 1 aliphatic carbocycles. The SMILES string of the molecule is COc1ccn2cc(C3CC3c3cn4ccc(OC)c(C)c4n3)nc2c1C. The van der Waals surface area contributed by atoms with Gasteiger partial charge in [0.05, 0.1) is 25.6 Å². The molecule has 0 spiro atoms. The van der Waals surface area contributed by atoms with Crippen molar-refractivity contribution in [1.29, 1.82) is 0 Å². The van der Waals surface area contributed by atoms with Crippen LogP contribution in [0.4, 0.5) is 0 Å². The van der Waals surface area contributed by atoms with Crippen LogP contribution in [0.25, 0.3) is 11.3 Å². The van der Waals surface area contributed by atoms with Gasteiger partial charge in [-0.15, -0.1) is 0 Å². The summed E-state index contributed by atoms with van der Waals surface area (Å²) in [5.41, 5.74) is 6.32. The van der Waals surface area contributed by atoms with Gasteiger partial charge in [-0.05, 0) is 32.4 Å². The standard InChI is InChI=1S/C21H22N4O2/c1-12-18(26-3)5-7-24-10-16(22-20(12)24)14-9-15(14)17-11-25-8-6-19(27-4)13(2)21(25)23-17/h5-8,10-11,14-15H,9H2,1-4H3. The van der Waals surface area contributed by atoms with Crippen molar-refractivity contribution in [2.45, 2.75) is 32.1 Å². The Labute approximate surface area is 157 Å². The molecule has 0 radical (unpaired) electrons. The lowest BCUT2D eigenvalue weighted by Crippen LogP contribution is -1.92. The lowest BCUT2D eigenvalue weighted by atomic mass is 10.2. The highest BCUT2D eigenvalue weighted by Gasteiger charge is 2.43. The summed E-state index contributed by atoms with van der Waals surface area (Å²) in [7, 11) is 3.39. The summed E-state index contributed by atoms with van der Waals surface area (Å²) in [5.74, 6) is 2.58. The van der Waals surface area contributed by atoms with Crippen molar-refractivity contribution in [3.05, 3.63) is 59.4 Å². The molecule has 5 rings (SSSR count). The number of hydrogen-bond acceptors (Lipinski definition) is 4. The largest absolute Gasteiger partial charge is 0.496 e. The third-order valence-corrected chi connectivity index (χ3v) is 5.67. The van der Waals surface area contributed by atoms with Crippen LogP contribution in [0.3, 0.4) is 0 Å². The smallest absolute Gasteiger partial charge is 0.143 e. The van der Waals surface area contributed by atoms with Crippen LogP contribution in [-0.4, -0.2) is 33.0 Å². The predicted octanol–water partition coefficient (Wildman–Crippen LogP) is 3.89. The molecular formula is C21H22N4O2. The highest BCUT2D eigenvalue weighted by atomic mass is 16.5. The van der Waals surface area contributed by atoms with Crippen molar-refractivity contribution in [3.8, 4) is 11.5 Å². The average molecular weight is 362 g/mol. The van der Waals surface area contributed by atoms with Gasteiger partial charge in [0.15, 0.2) is 0 Å². The molecule has 4 aromatic heterocycles. The molecule has 0 aromatic carbocycles. The van der Waals surface area contributed by atoms with Gasteiger partial charge in [-0.25, -0.2) is 9.97 Å². The first-order chi connectivity index (χ1) is 13.1. The van der Waals surface area contributed by atoms with Crippen LogP contribution in [0.5, 0.6) is 11.5 Å². The zero-order chi connectivity index (χ0) is 18.7. The zero-order valence-electron chi connectivity index (χ0n) is 15.9. The number of ether oxygens (including phenoxy) is 2. The number of fused-ring (bicyclic) bond motifs is 2. The monoisotopic (exact) mass is 362 g/mol. The summed E-state index contributed by atoms with van der Waals surface area (Å²) < 4.78 is 15.0. The molecule has 0 N–H and O–H groups in total. The molecule has 0 amide bonds. The van der Waals surface area contributed by atoms with Gasteiger partial charge in [0.2, 0.25) is 0 Å². The molecule has 4 aromatic rings. The van der Waals surface area contributed by atoms with Gasteiger partial charge in [0.25, 0.3) is 0 Å². The zero-order valence-corrected chi connectivity index (χ0v) is 15.9. The Hall–Kier alpha value is -3.02. The van der Waals surface area contributed by atoms with E-state index in [9.17, 15) is 0 Å². The Bertz CT molecular complexity index is 1080. The van der Waals surface area contributed by atoms with E-state index in [4.69, 9.17) is 19.4 Å². The van der Waals surface area contributed by atoms with E-state index in [1.807, 2.05) is 38.4 Å². The number of rotatable bonds is 4. The van der Waals surface area contributed by atoms with Crippen LogP contribution in [0.15, 0.2) is 36.9 Å². The van der Waals surface area contributed by atoms with Crippen LogP contribution < -0.4 is 9.47 Å². The number of nitrogens with zero attached hydrogens (tertiary/aromatic N) is 4. The molecular weight excluding hydrogens is 340 g/mol. The van der Waals surface area contributed by atoms with Crippen molar-refractivity contribution in [2.75, 3.05) is 14.2 Å². The fraction of sp³-hybridized carbons (Fsp3) is 0.333. The second-order valence-electron chi connectivity index (χ2n) is 7.26. The number of aromatic nitrogens is 4. The lowest BCUT2D eigenvalue weighted by Gasteiger charge is -2.04. The minimum Gasteiger partial charge on any atom is -0.496 e. The van der Waals surface area contributed by atoms with Gasteiger partial charge in [0, 0.05) is 47.8 Å². The predicted molar refractivity (Wildman–Crippen MR) is 103 cm³/mol. The van der Waals surface area contributed by atoms with Crippen molar-refractivity contribution in [3.63, 3.8) is 0 Å². The van der Waals surface area contributed by atoms with Gasteiger partial charge in [-0.2, -0.15) is 0 Å². The summed E-state index contributed by atoms with van der Waals surface area (Å²) >= 11 is 0. The number of methoxy groups -OCH3 is 2. The minimum absolute atomic E-state index is 0.419. The third kappa shape index (κ3) is 2.40. The first-order valence-corrected chi connectivity index (χ1v) is 9.15. The first kappa shape index (κ1) is 16.2. The molecule has 0 aliphatic heterocycles. The second-order valence-corrected chi connectivity index (χ2v) is 7.26. The van der Waals surface area contributed by atoms with Crippen molar-refractivity contribution >= 4 is 11.3 Å². The Morgan fingerprint density at radius 2 is 1.26 bits per heavy atom. The van der Waals surface area contributed by atoms with Crippen LogP contribution in [0, 0.1) is 13.8 Å². The second kappa shape index (κ2) is 5.74. The molecule has 6 nitrogen and oxygen atoms in total. The lowest BCUT2D eigenvalue weighted by molar-refractivity contribution is 0.411. The minimum atomic E-state index is 0.419. The van der Waals surface area contributed by atoms with E-state index in [-0.39, 0.29) is 0 Å². The van der Waals surface area contributed by atoms with Gasteiger partial charge >= 0.3 is 0 Å². The molecule has 4 heterocycles. The summed E-state index contributed by atoms with van der Waals surface area (Å²) in [6.45, 7) is 4.10. The fourth-order valence-electron chi connectivity index (χ4n) is 4.02. The average Bonchev–Trinajstić information content (AvgIpc) is 3.15. The highest BCUT2D eigenvalue weighted by molar-refractivity contribution is 5.57. The van der Waals surface area contributed by atoms with Gasteiger partial charge in [0.1, 0.15) is 22.8 Å². The normalized spacial score (nSPS) is 19.0. The third-order valence-electron chi connectivity index (χ3n) is 5.67. The van der Waals surface area contributed by atoms with Crippen LogP contribution in [-0.2, 0) is 0 Å². The van der Waals surface area contributed by atoms with E-state index in [0.29, 0.717) is 11.8 Å². The van der Waals surface area contributed by atoms with E-state index in [2.05, 4.69) is 21.2 Å². The maximum absolute atomic E-state index is 5.42. The number of hydrogen-bond donors (Lipinski definition) is 0. The molecule has 0 saturated heterocycles. The number of imidazole rings is 2. The molecule has 2 atom stereocenters. The highest BCUT2D eigenvalue weighted by Crippen LogP contribution is 2.54. The van der Waals surface area contributed by atoms with Crippen molar-refractivity contribution < 1.29 is 9.47 Å². The van der Waals surface area contributed by atoms with E-state index >= 15 is 0 Å². The van der Waals surface area contributed by atoms with E-state index in [0.717, 1.165) is 51.7 Å². The van der Waals surface area contributed by atoms with Gasteiger partial charge in [-0.1, -0.05) is 0 Å². The molecule has 1 fully saturated rings. The quantitative estimate of drug-likeness (QED) is 0.553. The van der Waals surface area contributed by atoms with Gasteiger partial charge in [-0.3, -0.25) is 0 Å². The Morgan fingerprint density at radius 3 is 1.67 bits per heavy atom. The molecule has 6 heteroatoms. The number of pyridine rings is 2. The van der Waals surface area contributed by atoms with Crippen LogP contribution in [0.2, 0.25) is 0 Å². The van der Waals surface area contributed by atoms with Crippen LogP contribution in [0.1, 0.15) is 40.8 Å². The number of aryl methyl sites for hydroxylation is 2. The Morgan fingerprint density at radius 1 is 0.815 bits per heavy atom.